The first-order chi connectivity index (χ1) is 12.6. The molecule has 1 unspecified atom stereocenters. The van der Waals surface area contributed by atoms with E-state index >= 15 is 0 Å². The highest BCUT2D eigenvalue weighted by Gasteiger charge is 2.31. The van der Waals surface area contributed by atoms with Crippen LogP contribution in [0, 0.1) is 0 Å². The Labute approximate surface area is 157 Å². The zero-order chi connectivity index (χ0) is 18.1. The molecule has 4 nitrogen and oxygen atoms in total. The second-order valence-electron chi connectivity index (χ2n) is 6.42. The summed E-state index contributed by atoms with van der Waals surface area (Å²) < 4.78 is 0. The number of carbonyl (C=O) groups excluding carboxylic acids is 1. The standard InChI is InChI=1S/C21H18ClN3O/c1-14-12-15-4-2-3-5-19(15)25(14)21(26)16-6-11-20(23-13-16)24-18-9-7-17(22)8-10-18/h2-11,13-14H,12H2,1H3,(H,23,24). The predicted octanol–water partition coefficient (Wildman–Crippen LogP) is 5.07. The number of para-hydroxylation sites is 1. The first kappa shape index (κ1) is 16.6. The highest BCUT2D eigenvalue weighted by atomic mass is 35.5. The number of hydrogen-bond acceptors (Lipinski definition) is 3. The van der Waals surface area contributed by atoms with Gasteiger partial charge in [0.25, 0.3) is 5.91 Å². The normalized spacial score (nSPS) is 15.6. The fraction of sp³-hybridized carbons (Fsp3) is 0.143. The number of halogens is 1. The van der Waals surface area contributed by atoms with Crippen LogP contribution in [0.4, 0.5) is 17.2 Å². The number of hydrogen-bond donors (Lipinski definition) is 1. The number of fused-ring (bicyclic) bond motifs is 1. The van der Waals surface area contributed by atoms with E-state index in [0.717, 1.165) is 17.8 Å². The average Bonchev–Trinajstić information content (AvgIpc) is 2.99. The van der Waals surface area contributed by atoms with Crippen LogP contribution in [0.15, 0.2) is 66.9 Å². The lowest BCUT2D eigenvalue weighted by molar-refractivity contribution is 0.0981. The number of nitrogens with zero attached hydrogens (tertiary/aromatic N) is 2. The van der Waals surface area contributed by atoms with E-state index < -0.39 is 0 Å². The molecular formula is C21H18ClN3O. The Morgan fingerprint density at radius 2 is 1.88 bits per heavy atom. The molecule has 0 spiro atoms. The maximum Gasteiger partial charge on any atom is 0.260 e. The summed E-state index contributed by atoms with van der Waals surface area (Å²) >= 11 is 5.89. The van der Waals surface area contributed by atoms with E-state index in [0.29, 0.717) is 16.4 Å². The van der Waals surface area contributed by atoms with Crippen molar-refractivity contribution in [2.45, 2.75) is 19.4 Å². The molecule has 2 heterocycles. The van der Waals surface area contributed by atoms with Gasteiger partial charge in [-0.15, -0.1) is 0 Å². The molecule has 0 radical (unpaired) electrons. The van der Waals surface area contributed by atoms with Gasteiger partial charge in [-0.3, -0.25) is 4.79 Å². The number of amides is 1. The number of nitrogens with one attached hydrogen (secondary N) is 1. The van der Waals surface area contributed by atoms with Crippen LogP contribution in [0.1, 0.15) is 22.8 Å². The van der Waals surface area contributed by atoms with E-state index in [1.54, 1.807) is 12.3 Å². The number of anilines is 3. The average molecular weight is 364 g/mol. The largest absolute Gasteiger partial charge is 0.340 e. The number of pyridine rings is 1. The topological polar surface area (TPSA) is 45.2 Å². The molecule has 0 saturated carbocycles. The van der Waals surface area contributed by atoms with E-state index in [1.165, 1.54) is 5.56 Å². The summed E-state index contributed by atoms with van der Waals surface area (Å²) in [5.41, 5.74) is 3.67. The minimum Gasteiger partial charge on any atom is -0.340 e. The van der Waals surface area contributed by atoms with Crippen LogP contribution in [0.5, 0.6) is 0 Å². The number of carbonyl (C=O) groups is 1. The minimum atomic E-state index is -0.0204. The van der Waals surface area contributed by atoms with Crippen molar-refractivity contribution in [3.63, 3.8) is 0 Å². The summed E-state index contributed by atoms with van der Waals surface area (Å²) in [4.78, 5) is 19.2. The Bertz CT molecular complexity index is 938. The van der Waals surface area contributed by atoms with Crippen LogP contribution in [-0.2, 0) is 6.42 Å². The maximum absolute atomic E-state index is 13.0. The molecule has 130 valence electrons. The molecule has 5 heteroatoms. The Hall–Kier alpha value is -2.85. The molecule has 1 N–H and O–H groups in total. The van der Waals surface area contributed by atoms with Gasteiger partial charge in [-0.1, -0.05) is 29.8 Å². The van der Waals surface area contributed by atoms with Crippen LogP contribution >= 0.6 is 11.6 Å². The monoisotopic (exact) mass is 363 g/mol. The molecule has 2 aromatic carbocycles. The van der Waals surface area contributed by atoms with Gasteiger partial charge >= 0.3 is 0 Å². The second-order valence-corrected chi connectivity index (χ2v) is 6.86. The van der Waals surface area contributed by atoms with Gasteiger partial charge in [0.05, 0.1) is 5.56 Å². The van der Waals surface area contributed by atoms with E-state index in [1.807, 2.05) is 53.4 Å². The molecule has 1 aromatic heterocycles. The Kier molecular flexibility index (Phi) is 4.35. The third-order valence-corrected chi connectivity index (χ3v) is 4.81. The summed E-state index contributed by atoms with van der Waals surface area (Å²) in [6.45, 7) is 2.07. The SMILES string of the molecule is CC1Cc2ccccc2N1C(=O)c1ccc(Nc2ccc(Cl)cc2)nc1. The van der Waals surface area contributed by atoms with Gasteiger partial charge in [-0.2, -0.15) is 0 Å². The highest BCUT2D eigenvalue weighted by Crippen LogP contribution is 2.33. The number of benzene rings is 2. The van der Waals surface area contributed by atoms with Crippen molar-refractivity contribution in [2.75, 3.05) is 10.2 Å². The molecule has 0 saturated heterocycles. The maximum atomic E-state index is 13.0. The van der Waals surface area contributed by atoms with Crippen LogP contribution in [0.25, 0.3) is 0 Å². The van der Waals surface area contributed by atoms with Crippen LogP contribution in [0.3, 0.4) is 0 Å². The molecule has 0 fully saturated rings. The van der Waals surface area contributed by atoms with Gasteiger partial charge < -0.3 is 10.2 Å². The van der Waals surface area contributed by atoms with Crippen LogP contribution in [0.2, 0.25) is 5.02 Å². The minimum absolute atomic E-state index is 0.0204. The quantitative estimate of drug-likeness (QED) is 0.706. The molecule has 1 aliphatic rings. The first-order valence-corrected chi connectivity index (χ1v) is 8.90. The first-order valence-electron chi connectivity index (χ1n) is 8.52. The summed E-state index contributed by atoms with van der Waals surface area (Å²) in [5.74, 6) is 0.659. The fourth-order valence-corrected chi connectivity index (χ4v) is 3.42. The molecule has 4 rings (SSSR count). The van der Waals surface area contributed by atoms with Gasteiger partial charge in [0.15, 0.2) is 0 Å². The molecule has 0 aliphatic carbocycles. The van der Waals surface area contributed by atoms with E-state index in [4.69, 9.17) is 11.6 Å². The van der Waals surface area contributed by atoms with Crippen molar-refractivity contribution in [3.8, 4) is 0 Å². The Morgan fingerprint density at radius 1 is 1.12 bits per heavy atom. The number of rotatable bonds is 3. The van der Waals surface area contributed by atoms with E-state index in [-0.39, 0.29) is 11.9 Å². The molecule has 1 atom stereocenters. The van der Waals surface area contributed by atoms with Gasteiger partial charge in [-0.05, 0) is 61.4 Å². The summed E-state index contributed by atoms with van der Waals surface area (Å²) in [6.07, 6.45) is 2.50. The predicted molar refractivity (Wildman–Crippen MR) is 105 cm³/mol. The lowest BCUT2D eigenvalue weighted by atomic mass is 10.1. The summed E-state index contributed by atoms with van der Waals surface area (Å²) in [7, 11) is 0. The van der Waals surface area contributed by atoms with Crippen LogP contribution < -0.4 is 10.2 Å². The second kappa shape index (κ2) is 6.81. The molecule has 3 aromatic rings. The summed E-state index contributed by atoms with van der Waals surface area (Å²) in [5, 5.41) is 3.88. The molecular weight excluding hydrogens is 346 g/mol. The zero-order valence-corrected chi connectivity index (χ0v) is 15.1. The Morgan fingerprint density at radius 3 is 2.62 bits per heavy atom. The van der Waals surface area contributed by atoms with Crippen molar-refractivity contribution in [1.82, 2.24) is 4.98 Å². The van der Waals surface area contributed by atoms with Crippen molar-refractivity contribution in [1.29, 1.82) is 0 Å². The van der Waals surface area contributed by atoms with Gasteiger partial charge in [-0.25, -0.2) is 4.98 Å². The molecule has 1 aliphatic heterocycles. The van der Waals surface area contributed by atoms with Gasteiger partial charge in [0.2, 0.25) is 0 Å². The summed E-state index contributed by atoms with van der Waals surface area (Å²) in [6, 6.07) is 19.2. The van der Waals surface area contributed by atoms with E-state index in [2.05, 4.69) is 23.3 Å². The Balaban J connectivity index is 1.53. The van der Waals surface area contributed by atoms with Crippen molar-refractivity contribution < 1.29 is 4.79 Å². The number of aromatic nitrogens is 1. The lowest BCUT2D eigenvalue weighted by Crippen LogP contribution is -2.35. The van der Waals surface area contributed by atoms with Crippen molar-refractivity contribution in [2.24, 2.45) is 0 Å². The third-order valence-electron chi connectivity index (χ3n) is 4.55. The van der Waals surface area contributed by atoms with Crippen molar-refractivity contribution in [3.05, 3.63) is 83.0 Å². The van der Waals surface area contributed by atoms with E-state index in [9.17, 15) is 4.79 Å². The molecule has 26 heavy (non-hydrogen) atoms. The van der Waals surface area contributed by atoms with Crippen molar-refractivity contribution >= 4 is 34.7 Å². The third kappa shape index (κ3) is 3.16. The highest BCUT2D eigenvalue weighted by molar-refractivity contribution is 6.30. The lowest BCUT2D eigenvalue weighted by Gasteiger charge is -2.22. The van der Waals surface area contributed by atoms with Gasteiger partial charge in [0.1, 0.15) is 5.82 Å². The zero-order valence-electron chi connectivity index (χ0n) is 14.3. The fourth-order valence-electron chi connectivity index (χ4n) is 3.29. The molecule has 0 bridgehead atoms. The molecule has 1 amide bonds. The smallest absolute Gasteiger partial charge is 0.260 e. The van der Waals surface area contributed by atoms with Crippen LogP contribution in [-0.4, -0.2) is 16.9 Å². The van der Waals surface area contributed by atoms with Gasteiger partial charge in [0, 0.05) is 28.6 Å².